The Labute approximate surface area is 174 Å². The molecule has 0 N–H and O–H groups in total. The van der Waals surface area contributed by atoms with E-state index in [1.807, 2.05) is 42.5 Å². The first-order valence-electron chi connectivity index (χ1n) is 9.78. The molecule has 3 nitrogen and oxygen atoms in total. The molecule has 144 valence electrons. The zero-order chi connectivity index (χ0) is 19.3. The van der Waals surface area contributed by atoms with Gasteiger partial charge in [0.05, 0.1) is 4.91 Å². The van der Waals surface area contributed by atoms with Crippen molar-refractivity contribution < 1.29 is 9.59 Å². The molecule has 0 atom stereocenters. The minimum Gasteiger partial charge on any atom is -0.268 e. The van der Waals surface area contributed by atoms with E-state index in [4.69, 9.17) is 0 Å². The molecule has 0 radical (unpaired) electrons. The van der Waals surface area contributed by atoms with E-state index >= 15 is 0 Å². The van der Waals surface area contributed by atoms with Crippen molar-refractivity contribution in [3.8, 4) is 0 Å². The molecule has 1 aliphatic carbocycles. The number of hydrogen-bond donors (Lipinski definition) is 0. The molecule has 28 heavy (non-hydrogen) atoms. The van der Waals surface area contributed by atoms with Crippen LogP contribution in [0.3, 0.4) is 0 Å². The zero-order valence-corrected chi connectivity index (χ0v) is 17.3. The van der Waals surface area contributed by atoms with Crippen molar-refractivity contribution in [1.29, 1.82) is 0 Å². The first-order chi connectivity index (χ1) is 13.7. The maximum absolute atomic E-state index is 12.9. The maximum atomic E-state index is 12.9. The molecule has 0 aromatic heterocycles. The molecular weight excluding hydrogens is 386 g/mol. The van der Waals surface area contributed by atoms with Crippen LogP contribution >= 0.6 is 23.5 Å². The second-order valence-corrected chi connectivity index (χ2v) is 9.36. The monoisotopic (exact) mass is 409 g/mol. The lowest BCUT2D eigenvalue weighted by atomic mass is 9.89. The van der Waals surface area contributed by atoms with Crippen LogP contribution in [0.15, 0.2) is 69.3 Å². The van der Waals surface area contributed by atoms with E-state index in [0.29, 0.717) is 17.4 Å². The summed E-state index contributed by atoms with van der Waals surface area (Å²) in [6.45, 7) is 0.572. The molecule has 1 aliphatic heterocycles. The van der Waals surface area contributed by atoms with Crippen molar-refractivity contribution in [2.45, 2.75) is 41.9 Å². The van der Waals surface area contributed by atoms with Crippen LogP contribution in [-0.2, 0) is 4.79 Å². The number of rotatable bonds is 5. The normalized spacial score (nSPS) is 19.6. The van der Waals surface area contributed by atoms with E-state index in [1.54, 1.807) is 11.8 Å². The molecule has 2 fully saturated rings. The van der Waals surface area contributed by atoms with Crippen LogP contribution in [0.2, 0.25) is 0 Å². The summed E-state index contributed by atoms with van der Waals surface area (Å²) in [5.74, 6) is 0.322. The Morgan fingerprint density at radius 3 is 2.46 bits per heavy atom. The van der Waals surface area contributed by atoms with Gasteiger partial charge in [-0.25, -0.2) is 0 Å². The van der Waals surface area contributed by atoms with Gasteiger partial charge in [0.2, 0.25) is 0 Å². The number of hydrogen-bond acceptors (Lipinski definition) is 4. The summed E-state index contributed by atoms with van der Waals surface area (Å²) >= 11 is 2.73. The standard InChI is InChI=1S/C23H23NO2S2/c25-22-21(28-23(26)24(22)16-17-9-3-1-4-10-17)15-18-11-7-8-14-20(18)27-19-12-5-2-6-13-19/h2,5-8,11-15,17H,1,3-4,9-10,16H2/b21-15-. The van der Waals surface area contributed by atoms with Crippen LogP contribution in [0.25, 0.3) is 6.08 Å². The van der Waals surface area contributed by atoms with Gasteiger partial charge in [-0.3, -0.25) is 14.5 Å². The summed E-state index contributed by atoms with van der Waals surface area (Å²) in [6.07, 6.45) is 7.81. The molecule has 1 saturated carbocycles. The lowest BCUT2D eigenvalue weighted by molar-refractivity contribution is -0.123. The third kappa shape index (κ3) is 4.53. The number of carbonyl (C=O) groups excluding carboxylic acids is 2. The molecule has 0 bridgehead atoms. The summed E-state index contributed by atoms with van der Waals surface area (Å²) in [5, 5.41) is -0.130. The highest BCUT2D eigenvalue weighted by Gasteiger charge is 2.36. The van der Waals surface area contributed by atoms with E-state index < -0.39 is 0 Å². The highest BCUT2D eigenvalue weighted by Crippen LogP contribution is 2.37. The third-order valence-electron chi connectivity index (χ3n) is 5.22. The molecule has 2 aliphatic rings. The number of imide groups is 1. The minimum atomic E-state index is -0.139. The Bertz CT molecular complexity index is 888. The van der Waals surface area contributed by atoms with Crippen molar-refractivity contribution in [3.63, 3.8) is 0 Å². The Morgan fingerprint density at radius 2 is 1.68 bits per heavy atom. The van der Waals surface area contributed by atoms with E-state index in [-0.39, 0.29) is 11.1 Å². The van der Waals surface area contributed by atoms with E-state index in [1.165, 1.54) is 24.2 Å². The van der Waals surface area contributed by atoms with Crippen LogP contribution in [-0.4, -0.2) is 22.6 Å². The molecule has 0 unspecified atom stereocenters. The van der Waals surface area contributed by atoms with Gasteiger partial charge in [0.1, 0.15) is 0 Å². The summed E-state index contributed by atoms with van der Waals surface area (Å²) in [5.41, 5.74) is 0.972. The largest absolute Gasteiger partial charge is 0.293 e. The molecule has 1 saturated heterocycles. The number of amides is 2. The predicted octanol–water partition coefficient (Wildman–Crippen LogP) is 6.45. The highest BCUT2D eigenvalue weighted by atomic mass is 32.2. The van der Waals surface area contributed by atoms with Gasteiger partial charge >= 0.3 is 0 Å². The zero-order valence-electron chi connectivity index (χ0n) is 15.7. The van der Waals surface area contributed by atoms with Gasteiger partial charge in [-0.05, 0) is 60.4 Å². The molecule has 4 rings (SSSR count). The van der Waals surface area contributed by atoms with Crippen molar-refractivity contribution in [2.75, 3.05) is 6.54 Å². The van der Waals surface area contributed by atoms with Crippen molar-refractivity contribution in [2.24, 2.45) is 5.92 Å². The van der Waals surface area contributed by atoms with Gasteiger partial charge in [0, 0.05) is 16.3 Å². The quantitative estimate of drug-likeness (QED) is 0.532. The Kier molecular flexibility index (Phi) is 6.23. The minimum absolute atomic E-state index is 0.130. The van der Waals surface area contributed by atoms with Crippen molar-refractivity contribution in [1.82, 2.24) is 4.90 Å². The predicted molar refractivity (Wildman–Crippen MR) is 116 cm³/mol. The van der Waals surface area contributed by atoms with Crippen LogP contribution in [0.1, 0.15) is 37.7 Å². The van der Waals surface area contributed by atoms with Crippen molar-refractivity contribution >= 4 is 40.7 Å². The molecule has 0 spiro atoms. The topological polar surface area (TPSA) is 37.4 Å². The van der Waals surface area contributed by atoms with Gasteiger partial charge in [-0.15, -0.1) is 0 Å². The van der Waals surface area contributed by atoms with Crippen molar-refractivity contribution in [3.05, 3.63) is 65.1 Å². The molecule has 2 aromatic carbocycles. The second kappa shape index (κ2) is 9.01. The van der Waals surface area contributed by atoms with Crippen LogP contribution in [0, 0.1) is 5.92 Å². The molecular formula is C23H23NO2S2. The molecule has 5 heteroatoms. The Morgan fingerprint density at radius 1 is 0.964 bits per heavy atom. The lowest BCUT2D eigenvalue weighted by Gasteiger charge is -2.25. The summed E-state index contributed by atoms with van der Waals surface area (Å²) < 4.78 is 0. The molecule has 2 amide bonds. The highest BCUT2D eigenvalue weighted by molar-refractivity contribution is 8.18. The van der Waals surface area contributed by atoms with E-state index in [9.17, 15) is 9.59 Å². The first-order valence-corrected chi connectivity index (χ1v) is 11.4. The SMILES string of the molecule is O=C1S/C(=C\c2ccccc2Sc2ccccc2)C(=O)N1CC1CCCCC1. The summed E-state index contributed by atoms with van der Waals surface area (Å²) in [6, 6.07) is 18.2. The van der Waals surface area contributed by atoms with Crippen LogP contribution in [0.5, 0.6) is 0 Å². The van der Waals surface area contributed by atoms with E-state index in [0.717, 1.165) is 40.0 Å². The van der Waals surface area contributed by atoms with Gasteiger partial charge < -0.3 is 0 Å². The number of benzene rings is 2. The maximum Gasteiger partial charge on any atom is 0.293 e. The molecule has 1 heterocycles. The van der Waals surface area contributed by atoms with Gasteiger partial charge in [-0.1, -0.05) is 67.4 Å². The Balaban J connectivity index is 1.53. The summed E-state index contributed by atoms with van der Waals surface area (Å²) in [7, 11) is 0. The first kappa shape index (κ1) is 19.3. The van der Waals surface area contributed by atoms with Gasteiger partial charge in [-0.2, -0.15) is 0 Å². The Hall–Kier alpha value is -1.98. The average Bonchev–Trinajstić information content (AvgIpc) is 2.98. The lowest BCUT2D eigenvalue weighted by Crippen LogP contribution is -2.34. The van der Waals surface area contributed by atoms with E-state index in [2.05, 4.69) is 18.2 Å². The number of carbonyl (C=O) groups is 2. The number of nitrogens with zero attached hydrogens (tertiary/aromatic N) is 1. The fraction of sp³-hybridized carbons (Fsp3) is 0.304. The van der Waals surface area contributed by atoms with Gasteiger partial charge in [0.25, 0.3) is 11.1 Å². The van der Waals surface area contributed by atoms with Gasteiger partial charge in [0.15, 0.2) is 0 Å². The average molecular weight is 410 g/mol. The smallest absolute Gasteiger partial charge is 0.268 e. The van der Waals surface area contributed by atoms with Crippen LogP contribution in [0.4, 0.5) is 4.79 Å². The fourth-order valence-corrected chi connectivity index (χ4v) is 5.51. The second-order valence-electron chi connectivity index (χ2n) is 7.25. The molecule has 2 aromatic rings. The fourth-order valence-electron chi connectivity index (χ4n) is 3.73. The van der Waals surface area contributed by atoms with Crippen LogP contribution < -0.4 is 0 Å². The third-order valence-corrected chi connectivity index (χ3v) is 7.22. The summed E-state index contributed by atoms with van der Waals surface area (Å²) in [4.78, 5) is 29.5. The number of thioether (sulfide) groups is 1.